The van der Waals surface area contributed by atoms with Crippen LogP contribution in [0.2, 0.25) is 0 Å². The summed E-state index contributed by atoms with van der Waals surface area (Å²) in [7, 11) is 7.93. The SMILES string of the molecule is CC.CCN(CCN(CC)Cc1c(OC)cc(C(=O)OC)cc1OC)Cc1c(OC)cc(C)cc1OC. The predicted molar refractivity (Wildman–Crippen MR) is 148 cm³/mol. The van der Waals surface area contributed by atoms with Gasteiger partial charge in [-0.15, -0.1) is 0 Å². The van der Waals surface area contributed by atoms with Crippen molar-refractivity contribution in [1.82, 2.24) is 9.80 Å². The highest BCUT2D eigenvalue weighted by atomic mass is 16.5. The summed E-state index contributed by atoms with van der Waals surface area (Å²) in [6.45, 7) is 15.1. The summed E-state index contributed by atoms with van der Waals surface area (Å²) in [4.78, 5) is 16.7. The molecule has 0 radical (unpaired) electrons. The van der Waals surface area contributed by atoms with Crippen LogP contribution >= 0.6 is 0 Å². The molecule has 8 nitrogen and oxygen atoms in total. The van der Waals surface area contributed by atoms with Gasteiger partial charge in [0.15, 0.2) is 0 Å². The van der Waals surface area contributed by atoms with Crippen LogP contribution in [-0.2, 0) is 17.8 Å². The van der Waals surface area contributed by atoms with E-state index in [9.17, 15) is 4.79 Å². The summed E-state index contributed by atoms with van der Waals surface area (Å²) in [6.07, 6.45) is 0. The second-order valence-corrected chi connectivity index (χ2v) is 8.24. The first-order valence-electron chi connectivity index (χ1n) is 12.8. The third kappa shape index (κ3) is 8.83. The molecule has 8 heteroatoms. The molecule has 0 N–H and O–H groups in total. The molecule has 37 heavy (non-hydrogen) atoms. The monoisotopic (exact) mass is 518 g/mol. The minimum absolute atomic E-state index is 0.395. The Morgan fingerprint density at radius 3 is 1.32 bits per heavy atom. The quantitative estimate of drug-likeness (QED) is 0.317. The number of methoxy groups -OCH3 is 5. The maximum absolute atomic E-state index is 12.0. The number of hydrogen-bond donors (Lipinski definition) is 0. The topological polar surface area (TPSA) is 69.7 Å². The van der Waals surface area contributed by atoms with Crippen molar-refractivity contribution in [2.75, 3.05) is 61.7 Å². The van der Waals surface area contributed by atoms with Crippen molar-refractivity contribution < 1.29 is 28.5 Å². The van der Waals surface area contributed by atoms with Crippen molar-refractivity contribution in [3.63, 3.8) is 0 Å². The molecular weight excluding hydrogens is 472 g/mol. The zero-order valence-corrected chi connectivity index (χ0v) is 24.4. The van der Waals surface area contributed by atoms with E-state index in [2.05, 4.69) is 23.6 Å². The molecule has 0 fully saturated rings. The molecule has 0 aliphatic rings. The molecule has 2 aromatic carbocycles. The van der Waals surface area contributed by atoms with Gasteiger partial charge < -0.3 is 23.7 Å². The third-order valence-electron chi connectivity index (χ3n) is 6.17. The van der Waals surface area contributed by atoms with Gasteiger partial charge in [-0.1, -0.05) is 27.7 Å². The molecule has 0 saturated heterocycles. The summed E-state index contributed by atoms with van der Waals surface area (Å²) >= 11 is 0. The summed E-state index contributed by atoms with van der Waals surface area (Å²) in [5.74, 6) is 2.45. The highest BCUT2D eigenvalue weighted by Gasteiger charge is 2.20. The van der Waals surface area contributed by atoms with Gasteiger partial charge in [0.25, 0.3) is 0 Å². The number of benzene rings is 2. The number of nitrogens with zero attached hydrogens (tertiary/aromatic N) is 2. The Labute approximate surface area is 223 Å². The minimum Gasteiger partial charge on any atom is -0.496 e. The third-order valence-corrected chi connectivity index (χ3v) is 6.17. The molecule has 0 atom stereocenters. The van der Waals surface area contributed by atoms with E-state index in [-0.39, 0.29) is 0 Å². The van der Waals surface area contributed by atoms with Gasteiger partial charge in [-0.2, -0.15) is 0 Å². The Morgan fingerprint density at radius 2 is 1.03 bits per heavy atom. The minimum atomic E-state index is -0.430. The van der Waals surface area contributed by atoms with E-state index in [0.717, 1.165) is 60.9 Å². The largest absolute Gasteiger partial charge is 0.496 e. The molecule has 2 aromatic rings. The van der Waals surface area contributed by atoms with Gasteiger partial charge in [-0.25, -0.2) is 4.79 Å². The van der Waals surface area contributed by atoms with Crippen LogP contribution in [0.3, 0.4) is 0 Å². The van der Waals surface area contributed by atoms with Crippen molar-refractivity contribution >= 4 is 5.97 Å². The average Bonchev–Trinajstić information content (AvgIpc) is 2.94. The molecule has 208 valence electrons. The highest BCUT2D eigenvalue weighted by molar-refractivity contribution is 5.90. The second kappa shape index (κ2) is 16.7. The number of carbonyl (C=O) groups excluding carboxylic acids is 1. The lowest BCUT2D eigenvalue weighted by Crippen LogP contribution is -2.35. The zero-order valence-electron chi connectivity index (χ0n) is 24.4. The standard InChI is InChI=1S/C27H40N2O6.C2H6/c1-9-28(17-21-23(31-4)13-19(3)14-24(21)32-5)11-12-29(10-2)18-22-25(33-6)15-20(27(30)35-8)16-26(22)34-7;1-2/h13-16H,9-12,17-18H2,1-8H3;1-2H3. The average molecular weight is 519 g/mol. The fourth-order valence-electron chi connectivity index (χ4n) is 4.07. The number of aryl methyl sites for hydroxylation is 1. The number of rotatable bonds is 14. The second-order valence-electron chi connectivity index (χ2n) is 8.24. The van der Waals surface area contributed by atoms with Crippen LogP contribution in [0.1, 0.15) is 54.7 Å². The molecule has 0 aliphatic carbocycles. The maximum atomic E-state index is 12.0. The van der Waals surface area contributed by atoms with Crippen molar-refractivity contribution in [2.45, 2.75) is 47.7 Å². The van der Waals surface area contributed by atoms with Crippen LogP contribution in [0.25, 0.3) is 0 Å². The van der Waals surface area contributed by atoms with Gasteiger partial charge in [0.05, 0.1) is 52.2 Å². The Hall–Kier alpha value is -2.97. The first-order valence-corrected chi connectivity index (χ1v) is 12.8. The van der Waals surface area contributed by atoms with Crippen molar-refractivity contribution in [1.29, 1.82) is 0 Å². The number of carbonyl (C=O) groups is 1. The van der Waals surface area contributed by atoms with Crippen molar-refractivity contribution in [2.24, 2.45) is 0 Å². The van der Waals surface area contributed by atoms with E-state index in [1.54, 1.807) is 40.6 Å². The molecule has 0 heterocycles. The Bertz CT molecular complexity index is 929. The summed E-state index contributed by atoms with van der Waals surface area (Å²) in [5, 5.41) is 0. The number of ether oxygens (including phenoxy) is 5. The fraction of sp³-hybridized carbons (Fsp3) is 0.552. The lowest BCUT2D eigenvalue weighted by atomic mass is 10.1. The number of hydrogen-bond acceptors (Lipinski definition) is 8. The summed E-state index contributed by atoms with van der Waals surface area (Å²) in [6, 6.07) is 7.48. The smallest absolute Gasteiger partial charge is 0.338 e. The van der Waals surface area contributed by atoms with Gasteiger partial charge in [-0.05, 0) is 49.8 Å². The number of likely N-dealkylation sites (N-methyl/N-ethyl adjacent to an activating group) is 2. The lowest BCUT2D eigenvalue weighted by Gasteiger charge is -2.28. The molecule has 2 rings (SSSR count). The lowest BCUT2D eigenvalue weighted by molar-refractivity contribution is 0.0600. The Kier molecular flexibility index (Phi) is 14.5. The van der Waals surface area contributed by atoms with Gasteiger partial charge in [0.2, 0.25) is 0 Å². The first kappa shape index (κ1) is 32.1. The highest BCUT2D eigenvalue weighted by Crippen LogP contribution is 2.33. The zero-order chi connectivity index (χ0) is 28.0. The van der Waals surface area contributed by atoms with E-state index >= 15 is 0 Å². The van der Waals surface area contributed by atoms with Crippen LogP contribution in [-0.4, -0.2) is 77.5 Å². The maximum Gasteiger partial charge on any atom is 0.338 e. The predicted octanol–water partition coefficient (Wildman–Crippen LogP) is 5.19. The van der Waals surface area contributed by atoms with E-state index in [1.807, 2.05) is 32.9 Å². The van der Waals surface area contributed by atoms with E-state index in [0.29, 0.717) is 23.6 Å². The van der Waals surface area contributed by atoms with Crippen LogP contribution < -0.4 is 18.9 Å². The van der Waals surface area contributed by atoms with Gasteiger partial charge in [-0.3, -0.25) is 9.80 Å². The molecule has 0 saturated carbocycles. The van der Waals surface area contributed by atoms with Crippen LogP contribution in [0.5, 0.6) is 23.0 Å². The molecular formula is C29H46N2O6. The molecule has 0 amide bonds. The Morgan fingerprint density at radius 1 is 0.676 bits per heavy atom. The van der Waals surface area contributed by atoms with E-state index < -0.39 is 5.97 Å². The van der Waals surface area contributed by atoms with Crippen LogP contribution in [0.4, 0.5) is 0 Å². The van der Waals surface area contributed by atoms with Gasteiger partial charge >= 0.3 is 5.97 Å². The molecule has 0 aromatic heterocycles. The molecule has 0 spiro atoms. The van der Waals surface area contributed by atoms with Crippen molar-refractivity contribution in [3.05, 3.63) is 46.5 Å². The fourth-order valence-corrected chi connectivity index (χ4v) is 4.07. The van der Waals surface area contributed by atoms with Crippen LogP contribution in [0, 0.1) is 6.92 Å². The van der Waals surface area contributed by atoms with Crippen LogP contribution in [0.15, 0.2) is 24.3 Å². The van der Waals surface area contributed by atoms with Crippen molar-refractivity contribution in [3.8, 4) is 23.0 Å². The molecule has 0 unspecified atom stereocenters. The summed E-state index contributed by atoms with van der Waals surface area (Å²) in [5.41, 5.74) is 3.44. The summed E-state index contributed by atoms with van der Waals surface area (Å²) < 4.78 is 27.4. The van der Waals surface area contributed by atoms with Gasteiger partial charge in [0.1, 0.15) is 23.0 Å². The normalized spacial score (nSPS) is 10.6. The first-order chi connectivity index (χ1) is 17.8. The molecule has 0 aliphatic heterocycles. The van der Waals surface area contributed by atoms with Gasteiger partial charge in [0, 0.05) is 26.2 Å². The number of esters is 1. The van der Waals surface area contributed by atoms with E-state index in [1.165, 1.54) is 7.11 Å². The van der Waals surface area contributed by atoms with E-state index in [4.69, 9.17) is 23.7 Å². The Balaban J connectivity index is 0.00000334. The molecule has 0 bridgehead atoms.